The molecule has 2 aromatic rings. The molecule has 8 heteroatoms. The maximum atomic E-state index is 13.2. The summed E-state index contributed by atoms with van der Waals surface area (Å²) in [6, 6.07) is 10.1. The molecule has 1 aliphatic rings. The fourth-order valence-corrected chi connectivity index (χ4v) is 3.30. The van der Waals surface area contributed by atoms with E-state index in [1.807, 2.05) is 12.1 Å². The van der Waals surface area contributed by atoms with E-state index in [2.05, 4.69) is 15.6 Å². The maximum Gasteiger partial charge on any atom is 0.318 e. The van der Waals surface area contributed by atoms with Crippen LogP contribution in [0.3, 0.4) is 0 Å². The van der Waals surface area contributed by atoms with Crippen molar-refractivity contribution in [3.63, 3.8) is 0 Å². The number of rotatable bonds is 8. The van der Waals surface area contributed by atoms with Gasteiger partial charge in [-0.1, -0.05) is 12.1 Å². The van der Waals surface area contributed by atoms with Gasteiger partial charge in [0.1, 0.15) is 24.8 Å². The average Bonchev–Trinajstić information content (AvgIpc) is 2.77. The number of halogens is 2. The molecule has 2 amide bonds. The van der Waals surface area contributed by atoms with Crippen molar-refractivity contribution in [3.8, 4) is 5.75 Å². The molecule has 2 heterocycles. The van der Waals surface area contributed by atoms with Gasteiger partial charge in [0, 0.05) is 12.6 Å². The maximum absolute atomic E-state index is 13.2. The third-order valence-electron chi connectivity index (χ3n) is 4.84. The lowest BCUT2D eigenvalue weighted by atomic mass is 10.0. The summed E-state index contributed by atoms with van der Waals surface area (Å²) in [6.45, 7) is 1.89. The monoisotopic (exact) mass is 404 g/mol. The molecule has 1 aromatic carbocycles. The van der Waals surface area contributed by atoms with Crippen molar-refractivity contribution in [2.75, 3.05) is 26.4 Å². The highest BCUT2D eigenvalue weighted by atomic mass is 19.1. The number of hydrogen-bond donors (Lipinski definition) is 2. The van der Waals surface area contributed by atoms with E-state index in [9.17, 15) is 13.6 Å². The topological polar surface area (TPSA) is 66.5 Å². The third-order valence-corrected chi connectivity index (χ3v) is 4.84. The number of hydrogen-bond acceptors (Lipinski definition) is 4. The van der Waals surface area contributed by atoms with Gasteiger partial charge in [-0.05, 0) is 55.8 Å². The van der Waals surface area contributed by atoms with Crippen LogP contribution >= 0.6 is 0 Å². The minimum atomic E-state index is -0.534. The minimum absolute atomic E-state index is 0.0265. The second-order valence-electron chi connectivity index (χ2n) is 6.92. The fourth-order valence-electron chi connectivity index (χ4n) is 3.30. The Kier molecular flexibility index (Phi) is 7.75. The van der Waals surface area contributed by atoms with E-state index in [0.29, 0.717) is 24.5 Å². The predicted octanol–water partition coefficient (Wildman–Crippen LogP) is 3.03. The Morgan fingerprint density at radius 3 is 2.62 bits per heavy atom. The lowest BCUT2D eigenvalue weighted by Crippen LogP contribution is -2.49. The highest BCUT2D eigenvalue weighted by Gasteiger charge is 2.25. The summed E-state index contributed by atoms with van der Waals surface area (Å²) >= 11 is 0. The van der Waals surface area contributed by atoms with Crippen LogP contribution in [0.1, 0.15) is 24.1 Å². The number of alkyl halides is 1. The highest BCUT2D eigenvalue weighted by Crippen LogP contribution is 2.16. The summed E-state index contributed by atoms with van der Waals surface area (Å²) < 4.78 is 30.5. The SMILES string of the molecule is O=C(NCc1ccc(OCCF)cc1)N(Cc1ccc(F)cn1)C1CCNCC1. The third kappa shape index (κ3) is 6.39. The Labute approximate surface area is 169 Å². The summed E-state index contributed by atoms with van der Waals surface area (Å²) in [6.07, 6.45) is 2.88. The first-order valence-electron chi connectivity index (χ1n) is 9.79. The van der Waals surface area contributed by atoms with Crippen molar-refractivity contribution < 1.29 is 18.3 Å². The van der Waals surface area contributed by atoms with Crippen molar-refractivity contribution in [1.29, 1.82) is 0 Å². The number of carbonyl (C=O) groups is 1. The Bertz CT molecular complexity index is 765. The second-order valence-corrected chi connectivity index (χ2v) is 6.92. The molecular formula is C21H26F2N4O2. The van der Waals surface area contributed by atoms with Crippen molar-refractivity contribution in [2.24, 2.45) is 0 Å². The number of piperidine rings is 1. The first-order valence-corrected chi connectivity index (χ1v) is 9.79. The van der Waals surface area contributed by atoms with Gasteiger partial charge < -0.3 is 20.3 Å². The minimum Gasteiger partial charge on any atom is -0.491 e. The molecule has 1 saturated heterocycles. The van der Waals surface area contributed by atoms with Crippen LogP contribution in [0.15, 0.2) is 42.6 Å². The van der Waals surface area contributed by atoms with Crippen LogP contribution < -0.4 is 15.4 Å². The molecule has 0 bridgehead atoms. The van der Waals surface area contributed by atoms with Crippen LogP contribution in [0.5, 0.6) is 5.75 Å². The molecule has 1 fully saturated rings. The van der Waals surface area contributed by atoms with Crippen molar-refractivity contribution >= 4 is 6.03 Å². The van der Waals surface area contributed by atoms with Crippen LogP contribution in [0, 0.1) is 5.82 Å². The molecule has 3 rings (SSSR count). The summed E-state index contributed by atoms with van der Waals surface area (Å²) in [5.74, 6) is 0.196. The number of ether oxygens (including phenoxy) is 1. The number of pyridine rings is 1. The van der Waals surface area contributed by atoms with Crippen LogP contribution in [-0.2, 0) is 13.1 Å². The summed E-state index contributed by atoms with van der Waals surface area (Å²) in [7, 11) is 0. The molecule has 1 aromatic heterocycles. The Hall–Kier alpha value is -2.74. The zero-order chi connectivity index (χ0) is 20.5. The summed E-state index contributed by atoms with van der Waals surface area (Å²) in [5, 5.41) is 6.25. The molecule has 0 spiro atoms. The molecule has 29 heavy (non-hydrogen) atoms. The number of carbonyl (C=O) groups excluding carboxylic acids is 1. The number of nitrogens with zero attached hydrogens (tertiary/aromatic N) is 2. The van der Waals surface area contributed by atoms with Gasteiger partial charge in [-0.3, -0.25) is 4.98 Å². The predicted molar refractivity (Wildman–Crippen MR) is 106 cm³/mol. The number of amides is 2. The molecule has 0 unspecified atom stereocenters. The van der Waals surface area contributed by atoms with Gasteiger partial charge in [-0.2, -0.15) is 0 Å². The zero-order valence-electron chi connectivity index (χ0n) is 16.2. The zero-order valence-corrected chi connectivity index (χ0v) is 16.2. The van der Waals surface area contributed by atoms with Crippen molar-refractivity contribution in [3.05, 3.63) is 59.7 Å². The van der Waals surface area contributed by atoms with Gasteiger partial charge in [0.2, 0.25) is 0 Å². The largest absolute Gasteiger partial charge is 0.491 e. The van der Waals surface area contributed by atoms with Crippen LogP contribution in [-0.4, -0.2) is 48.3 Å². The number of urea groups is 1. The lowest BCUT2D eigenvalue weighted by molar-refractivity contribution is 0.153. The summed E-state index contributed by atoms with van der Waals surface area (Å²) in [4.78, 5) is 18.8. The van der Waals surface area contributed by atoms with E-state index in [1.54, 1.807) is 23.1 Å². The van der Waals surface area contributed by atoms with Gasteiger partial charge in [0.15, 0.2) is 0 Å². The molecule has 0 radical (unpaired) electrons. The molecule has 156 valence electrons. The fraction of sp³-hybridized carbons (Fsp3) is 0.429. The van der Waals surface area contributed by atoms with E-state index in [4.69, 9.17) is 4.74 Å². The molecule has 6 nitrogen and oxygen atoms in total. The van der Waals surface area contributed by atoms with E-state index in [-0.39, 0.29) is 18.7 Å². The van der Waals surface area contributed by atoms with Gasteiger partial charge in [-0.25, -0.2) is 13.6 Å². The van der Waals surface area contributed by atoms with Gasteiger partial charge in [0.25, 0.3) is 0 Å². The quantitative estimate of drug-likeness (QED) is 0.710. The molecule has 2 N–H and O–H groups in total. The Balaban J connectivity index is 1.61. The van der Waals surface area contributed by atoms with E-state index < -0.39 is 12.5 Å². The van der Waals surface area contributed by atoms with E-state index in [1.165, 1.54) is 12.3 Å². The molecule has 1 aliphatic heterocycles. The Morgan fingerprint density at radius 2 is 1.97 bits per heavy atom. The standard InChI is InChI=1S/C21H26F2N4O2/c22-9-12-29-20-5-1-16(2-6-20)13-26-21(28)27(19-7-10-24-11-8-19)15-18-4-3-17(23)14-25-18/h1-6,14,19,24H,7-13,15H2,(H,26,28). The van der Waals surface area contributed by atoms with E-state index >= 15 is 0 Å². The first-order chi connectivity index (χ1) is 14.2. The number of aromatic nitrogens is 1. The molecular weight excluding hydrogens is 378 g/mol. The van der Waals surface area contributed by atoms with Crippen LogP contribution in [0.2, 0.25) is 0 Å². The Morgan fingerprint density at radius 1 is 1.21 bits per heavy atom. The average molecular weight is 404 g/mol. The lowest BCUT2D eigenvalue weighted by Gasteiger charge is -2.34. The number of benzene rings is 1. The van der Waals surface area contributed by atoms with Crippen molar-refractivity contribution in [2.45, 2.75) is 32.0 Å². The van der Waals surface area contributed by atoms with Gasteiger partial charge in [0.05, 0.1) is 18.4 Å². The van der Waals surface area contributed by atoms with Crippen molar-refractivity contribution in [1.82, 2.24) is 20.5 Å². The first kappa shape index (κ1) is 21.0. The smallest absolute Gasteiger partial charge is 0.318 e. The van der Waals surface area contributed by atoms with Crippen LogP contribution in [0.4, 0.5) is 13.6 Å². The summed E-state index contributed by atoms with van der Waals surface area (Å²) in [5.41, 5.74) is 1.56. The van der Waals surface area contributed by atoms with Gasteiger partial charge >= 0.3 is 6.03 Å². The van der Waals surface area contributed by atoms with Crippen LogP contribution in [0.25, 0.3) is 0 Å². The molecule has 0 saturated carbocycles. The van der Waals surface area contributed by atoms with E-state index in [0.717, 1.165) is 31.5 Å². The molecule has 0 aliphatic carbocycles. The number of nitrogens with one attached hydrogen (secondary N) is 2. The molecule has 0 atom stereocenters. The normalized spacial score (nSPS) is 14.4. The van der Waals surface area contributed by atoms with Gasteiger partial charge in [-0.15, -0.1) is 0 Å². The second kappa shape index (κ2) is 10.7. The highest BCUT2D eigenvalue weighted by molar-refractivity contribution is 5.74.